The van der Waals surface area contributed by atoms with Crippen molar-refractivity contribution in [3.8, 4) is 0 Å². The molecule has 1 saturated carbocycles. The van der Waals surface area contributed by atoms with Crippen molar-refractivity contribution in [1.29, 1.82) is 0 Å². The van der Waals surface area contributed by atoms with Crippen LogP contribution in [0.2, 0.25) is 0 Å². The van der Waals surface area contributed by atoms with E-state index in [0.29, 0.717) is 0 Å². The lowest BCUT2D eigenvalue weighted by Gasteiger charge is -2.45. The normalized spacial score (nSPS) is 26.9. The van der Waals surface area contributed by atoms with Gasteiger partial charge in [0.15, 0.2) is 5.78 Å². The van der Waals surface area contributed by atoms with Crippen LogP contribution >= 0.6 is 0 Å². The number of carbonyl (C=O) groups is 1. The SMILES string of the molecule is CC(=O)c1ccc(N2CCC[C@H]3CCCC[C@H]32)cc1. The molecule has 0 spiro atoms. The molecule has 0 bridgehead atoms. The number of piperidine rings is 1. The van der Waals surface area contributed by atoms with Gasteiger partial charge in [-0.3, -0.25) is 4.79 Å². The summed E-state index contributed by atoms with van der Waals surface area (Å²) < 4.78 is 0. The third kappa shape index (κ3) is 2.54. The smallest absolute Gasteiger partial charge is 0.159 e. The van der Waals surface area contributed by atoms with Gasteiger partial charge in [0.2, 0.25) is 0 Å². The number of fused-ring (bicyclic) bond motifs is 1. The number of anilines is 1. The number of hydrogen-bond donors (Lipinski definition) is 0. The van der Waals surface area contributed by atoms with Crippen LogP contribution in [0.25, 0.3) is 0 Å². The molecule has 1 aromatic carbocycles. The molecule has 1 aliphatic carbocycles. The molecule has 0 amide bonds. The van der Waals surface area contributed by atoms with Gasteiger partial charge < -0.3 is 4.90 Å². The van der Waals surface area contributed by atoms with Crippen molar-refractivity contribution < 1.29 is 4.79 Å². The van der Waals surface area contributed by atoms with Crippen LogP contribution in [0.3, 0.4) is 0 Å². The molecule has 0 aromatic heterocycles. The summed E-state index contributed by atoms with van der Waals surface area (Å²) in [6, 6.07) is 8.96. The molecule has 19 heavy (non-hydrogen) atoms. The van der Waals surface area contributed by atoms with Gasteiger partial charge in [-0.15, -0.1) is 0 Å². The molecule has 1 aliphatic heterocycles. The molecule has 2 aliphatic rings. The molecule has 1 saturated heterocycles. The summed E-state index contributed by atoms with van der Waals surface area (Å²) in [5.74, 6) is 1.05. The van der Waals surface area contributed by atoms with E-state index in [1.807, 2.05) is 12.1 Å². The lowest BCUT2D eigenvalue weighted by molar-refractivity contribution is 0.101. The van der Waals surface area contributed by atoms with Crippen LogP contribution in [0, 0.1) is 5.92 Å². The van der Waals surface area contributed by atoms with Crippen molar-refractivity contribution in [2.45, 2.75) is 51.5 Å². The number of ketones is 1. The molecule has 1 heterocycles. The Kier molecular flexibility index (Phi) is 3.58. The van der Waals surface area contributed by atoms with Gasteiger partial charge in [-0.1, -0.05) is 12.8 Å². The van der Waals surface area contributed by atoms with Gasteiger partial charge in [-0.2, -0.15) is 0 Å². The highest BCUT2D eigenvalue weighted by atomic mass is 16.1. The third-order valence-electron chi connectivity index (χ3n) is 4.85. The van der Waals surface area contributed by atoms with Gasteiger partial charge in [0.25, 0.3) is 0 Å². The largest absolute Gasteiger partial charge is 0.368 e. The molecule has 2 heteroatoms. The van der Waals surface area contributed by atoms with Crippen molar-refractivity contribution >= 4 is 11.5 Å². The Hall–Kier alpha value is -1.31. The average molecular weight is 257 g/mol. The first-order valence-corrected chi connectivity index (χ1v) is 7.63. The van der Waals surface area contributed by atoms with Crippen molar-refractivity contribution in [1.82, 2.24) is 0 Å². The van der Waals surface area contributed by atoms with Crippen LogP contribution in [-0.4, -0.2) is 18.4 Å². The highest BCUT2D eigenvalue weighted by Gasteiger charge is 2.33. The molecule has 2 atom stereocenters. The summed E-state index contributed by atoms with van der Waals surface area (Å²) in [6.07, 6.45) is 8.27. The summed E-state index contributed by atoms with van der Waals surface area (Å²) in [7, 11) is 0. The fourth-order valence-electron chi connectivity index (χ4n) is 3.83. The second-order valence-corrected chi connectivity index (χ2v) is 6.05. The maximum atomic E-state index is 11.3. The van der Waals surface area contributed by atoms with E-state index >= 15 is 0 Å². The zero-order chi connectivity index (χ0) is 13.2. The monoisotopic (exact) mass is 257 g/mol. The Labute approximate surface area is 115 Å². The van der Waals surface area contributed by atoms with Gasteiger partial charge in [-0.25, -0.2) is 0 Å². The molecule has 2 fully saturated rings. The first-order chi connectivity index (χ1) is 9.25. The van der Waals surface area contributed by atoms with Crippen molar-refractivity contribution in [2.24, 2.45) is 5.92 Å². The second-order valence-electron chi connectivity index (χ2n) is 6.05. The standard InChI is InChI=1S/C17H23NO/c1-13(19)14-8-10-16(11-9-14)18-12-4-6-15-5-2-3-7-17(15)18/h8-11,15,17H,2-7,12H2,1H3/t15-,17-/m1/s1. The molecule has 0 unspecified atom stereocenters. The van der Waals surface area contributed by atoms with Gasteiger partial charge in [0.1, 0.15) is 0 Å². The Morgan fingerprint density at radius 1 is 1.05 bits per heavy atom. The zero-order valence-corrected chi connectivity index (χ0v) is 11.8. The maximum Gasteiger partial charge on any atom is 0.159 e. The van der Waals surface area contributed by atoms with Gasteiger partial charge in [-0.05, 0) is 62.8 Å². The highest BCUT2D eigenvalue weighted by molar-refractivity contribution is 5.94. The molecular weight excluding hydrogens is 234 g/mol. The van der Waals surface area contributed by atoms with E-state index in [0.717, 1.165) is 17.5 Å². The lowest BCUT2D eigenvalue weighted by atomic mass is 9.78. The Balaban J connectivity index is 1.81. The van der Waals surface area contributed by atoms with E-state index in [1.165, 1.54) is 50.8 Å². The van der Waals surface area contributed by atoms with Crippen molar-refractivity contribution in [3.63, 3.8) is 0 Å². The quantitative estimate of drug-likeness (QED) is 0.745. The number of benzene rings is 1. The molecule has 3 rings (SSSR count). The molecule has 0 N–H and O–H groups in total. The molecule has 102 valence electrons. The molecule has 0 radical (unpaired) electrons. The number of nitrogens with zero attached hydrogens (tertiary/aromatic N) is 1. The van der Waals surface area contributed by atoms with Crippen molar-refractivity contribution in [3.05, 3.63) is 29.8 Å². The minimum Gasteiger partial charge on any atom is -0.368 e. The topological polar surface area (TPSA) is 20.3 Å². The zero-order valence-electron chi connectivity index (χ0n) is 11.8. The van der Waals surface area contributed by atoms with Crippen molar-refractivity contribution in [2.75, 3.05) is 11.4 Å². The van der Waals surface area contributed by atoms with Gasteiger partial charge in [0.05, 0.1) is 0 Å². The summed E-state index contributed by atoms with van der Waals surface area (Å²) >= 11 is 0. The average Bonchev–Trinajstić information content (AvgIpc) is 2.47. The van der Waals surface area contributed by atoms with Gasteiger partial charge >= 0.3 is 0 Å². The van der Waals surface area contributed by atoms with E-state index in [2.05, 4.69) is 17.0 Å². The first kappa shape index (κ1) is 12.7. The fraction of sp³-hybridized carbons (Fsp3) is 0.588. The highest BCUT2D eigenvalue weighted by Crippen LogP contribution is 2.37. The van der Waals surface area contributed by atoms with E-state index in [9.17, 15) is 4.79 Å². The van der Waals surface area contributed by atoms with Crippen LogP contribution in [0.5, 0.6) is 0 Å². The third-order valence-corrected chi connectivity index (χ3v) is 4.85. The van der Waals surface area contributed by atoms with Crippen LogP contribution in [0.4, 0.5) is 5.69 Å². The van der Waals surface area contributed by atoms with Crippen LogP contribution in [-0.2, 0) is 0 Å². The van der Waals surface area contributed by atoms with Crippen LogP contribution < -0.4 is 4.90 Å². The Bertz CT molecular complexity index is 449. The van der Waals surface area contributed by atoms with Crippen LogP contribution in [0.15, 0.2) is 24.3 Å². The van der Waals surface area contributed by atoms with E-state index in [-0.39, 0.29) is 5.78 Å². The number of hydrogen-bond acceptors (Lipinski definition) is 2. The Morgan fingerprint density at radius 2 is 1.74 bits per heavy atom. The predicted molar refractivity (Wildman–Crippen MR) is 78.8 cm³/mol. The summed E-state index contributed by atoms with van der Waals surface area (Å²) in [6.45, 7) is 2.81. The maximum absolute atomic E-state index is 11.3. The fourth-order valence-corrected chi connectivity index (χ4v) is 3.83. The van der Waals surface area contributed by atoms with Gasteiger partial charge in [0, 0.05) is 23.8 Å². The summed E-state index contributed by atoms with van der Waals surface area (Å²) in [4.78, 5) is 13.9. The molecule has 1 aromatic rings. The number of carbonyl (C=O) groups excluding carboxylic acids is 1. The predicted octanol–water partition coefficient (Wildman–Crippen LogP) is 4.05. The van der Waals surface area contributed by atoms with E-state index in [4.69, 9.17) is 0 Å². The summed E-state index contributed by atoms with van der Waals surface area (Å²) in [5, 5.41) is 0. The second kappa shape index (κ2) is 5.36. The van der Waals surface area contributed by atoms with E-state index in [1.54, 1.807) is 6.92 Å². The summed E-state index contributed by atoms with van der Waals surface area (Å²) in [5.41, 5.74) is 2.13. The molecular formula is C17H23NO. The molecule has 2 nitrogen and oxygen atoms in total. The number of Topliss-reactive ketones (excluding diaryl/α,β-unsaturated/α-hetero) is 1. The Morgan fingerprint density at radius 3 is 2.47 bits per heavy atom. The van der Waals surface area contributed by atoms with E-state index < -0.39 is 0 Å². The minimum absolute atomic E-state index is 0.153. The first-order valence-electron chi connectivity index (χ1n) is 7.63. The minimum atomic E-state index is 0.153. The number of rotatable bonds is 2. The lowest BCUT2D eigenvalue weighted by Crippen LogP contribution is -2.46. The van der Waals surface area contributed by atoms with Crippen LogP contribution in [0.1, 0.15) is 55.8 Å².